The maximum absolute atomic E-state index is 12.1. The molecule has 306 valence electrons. The van der Waals surface area contributed by atoms with Crippen molar-refractivity contribution in [3.8, 4) is 11.1 Å². The Morgan fingerprint density at radius 2 is 0.700 bits per heavy atom. The molecule has 6 aromatic carbocycles. The largest absolute Gasteiger partial charge is 0.462 e. The lowest BCUT2D eigenvalue weighted by molar-refractivity contribution is -0.139. The van der Waals surface area contributed by atoms with Crippen molar-refractivity contribution in [1.82, 2.24) is 0 Å². The second-order valence-electron chi connectivity index (χ2n) is 15.2. The molecule has 0 heterocycles. The third-order valence-corrected chi connectivity index (χ3v) is 10.8. The van der Waals surface area contributed by atoms with Gasteiger partial charge in [-0.25, -0.2) is 9.59 Å². The minimum atomic E-state index is -0.261. The van der Waals surface area contributed by atoms with Crippen LogP contribution in [0.2, 0.25) is 0 Å². The van der Waals surface area contributed by atoms with Gasteiger partial charge < -0.3 is 19.3 Å². The molecule has 0 fully saturated rings. The zero-order valence-corrected chi connectivity index (χ0v) is 35.8. The number of anilines is 6. The second kappa shape index (κ2) is 20.9. The molecule has 0 unspecified atom stereocenters. The summed E-state index contributed by atoms with van der Waals surface area (Å²) >= 11 is 0. The molecule has 0 bridgehead atoms. The highest BCUT2D eigenvalue weighted by Gasteiger charge is 2.16. The van der Waals surface area contributed by atoms with Crippen molar-refractivity contribution in [3.05, 3.63) is 191 Å². The normalized spacial score (nSPS) is 11.6. The molecular formula is C54H56N2O4. The van der Waals surface area contributed by atoms with Crippen LogP contribution >= 0.6 is 0 Å². The van der Waals surface area contributed by atoms with Gasteiger partial charge in [0.05, 0.1) is 13.2 Å². The molecule has 0 aromatic heterocycles. The third-order valence-electron chi connectivity index (χ3n) is 10.8. The van der Waals surface area contributed by atoms with E-state index in [1.54, 1.807) is 26.0 Å². The Kier molecular flexibility index (Phi) is 14.9. The van der Waals surface area contributed by atoms with E-state index < -0.39 is 0 Å². The molecule has 0 N–H and O–H groups in total. The molecule has 6 aromatic rings. The first-order valence-corrected chi connectivity index (χ1v) is 20.9. The van der Waals surface area contributed by atoms with Crippen LogP contribution in [0.5, 0.6) is 0 Å². The molecule has 6 rings (SSSR count). The zero-order chi connectivity index (χ0) is 42.4. The fraction of sp³-hybridized carbons (Fsp3) is 0.222. The van der Waals surface area contributed by atoms with Gasteiger partial charge in [-0.05, 0) is 162 Å². The van der Waals surface area contributed by atoms with Crippen LogP contribution in [0.4, 0.5) is 34.1 Å². The highest BCUT2D eigenvalue weighted by atomic mass is 16.5. The Balaban J connectivity index is 1.21. The second-order valence-corrected chi connectivity index (χ2v) is 15.2. The van der Waals surface area contributed by atoms with Gasteiger partial charge in [-0.3, -0.25) is 0 Å². The van der Waals surface area contributed by atoms with E-state index in [1.165, 1.54) is 22.3 Å². The first-order chi connectivity index (χ1) is 29.1. The summed E-state index contributed by atoms with van der Waals surface area (Å²) < 4.78 is 10.8. The van der Waals surface area contributed by atoms with Crippen LogP contribution in [0.25, 0.3) is 11.1 Å². The molecule has 0 saturated carbocycles. The predicted octanol–water partition coefficient (Wildman–Crippen LogP) is 13.8. The molecule has 0 aliphatic carbocycles. The number of hydrogen-bond acceptors (Lipinski definition) is 6. The number of rotatable bonds is 17. The number of aryl methyl sites for hydroxylation is 4. The predicted molar refractivity (Wildman–Crippen MR) is 248 cm³/mol. The maximum Gasteiger partial charge on any atom is 0.333 e. The number of carbonyl (C=O) groups excluding carboxylic acids is 2. The number of allylic oxidation sites excluding steroid dienone is 2. The average molecular weight is 797 g/mol. The summed E-state index contributed by atoms with van der Waals surface area (Å²) in [5.41, 5.74) is 14.8. The van der Waals surface area contributed by atoms with Gasteiger partial charge >= 0.3 is 11.9 Å². The van der Waals surface area contributed by atoms with Crippen LogP contribution < -0.4 is 9.80 Å². The molecule has 0 radical (unpaired) electrons. The van der Waals surface area contributed by atoms with Crippen LogP contribution in [-0.4, -0.2) is 25.2 Å². The number of nitrogens with zero attached hydrogens (tertiary/aromatic N) is 2. The highest BCUT2D eigenvalue weighted by Crippen LogP contribution is 2.38. The van der Waals surface area contributed by atoms with Crippen molar-refractivity contribution >= 4 is 46.1 Å². The average Bonchev–Trinajstić information content (AvgIpc) is 3.28. The Morgan fingerprint density at radius 1 is 0.433 bits per heavy atom. The van der Waals surface area contributed by atoms with E-state index in [-0.39, 0.29) is 11.9 Å². The van der Waals surface area contributed by atoms with Gasteiger partial charge in [0.15, 0.2) is 0 Å². The SMILES string of the molecule is C/C=C(\C)C(=O)OCCCc1ccc(N(c2ccc(CCCOC(=O)/C(C)=C/C)cc2)c2ccc(-c3ccc(N(c4ccc(C)cc4)c4ccc(C)cc4)cc3)cc2)cc1. The van der Waals surface area contributed by atoms with Crippen molar-refractivity contribution in [2.24, 2.45) is 0 Å². The minimum Gasteiger partial charge on any atom is -0.462 e. The number of hydrogen-bond donors (Lipinski definition) is 0. The van der Waals surface area contributed by atoms with Gasteiger partial charge in [-0.2, -0.15) is 0 Å². The first-order valence-electron chi connectivity index (χ1n) is 20.9. The smallest absolute Gasteiger partial charge is 0.333 e. The topological polar surface area (TPSA) is 59.1 Å². The number of esters is 2. The van der Waals surface area contributed by atoms with E-state index in [2.05, 4.69) is 169 Å². The van der Waals surface area contributed by atoms with Gasteiger partial charge in [-0.15, -0.1) is 0 Å². The number of carbonyl (C=O) groups is 2. The summed E-state index contributed by atoms with van der Waals surface area (Å²) in [7, 11) is 0. The van der Waals surface area contributed by atoms with Crippen molar-refractivity contribution in [3.63, 3.8) is 0 Å². The van der Waals surface area contributed by atoms with Gasteiger partial charge in [0.25, 0.3) is 0 Å². The summed E-state index contributed by atoms with van der Waals surface area (Å²) in [5, 5.41) is 0. The van der Waals surface area contributed by atoms with E-state index in [1.807, 2.05) is 13.8 Å². The Morgan fingerprint density at radius 3 is 0.983 bits per heavy atom. The fourth-order valence-corrected chi connectivity index (χ4v) is 6.86. The van der Waals surface area contributed by atoms with E-state index in [0.717, 1.165) is 70.9 Å². The van der Waals surface area contributed by atoms with Crippen LogP contribution in [0.1, 0.15) is 62.8 Å². The van der Waals surface area contributed by atoms with Crippen LogP contribution in [0.15, 0.2) is 169 Å². The van der Waals surface area contributed by atoms with E-state index in [4.69, 9.17) is 9.47 Å². The molecule has 0 spiro atoms. The molecule has 6 heteroatoms. The van der Waals surface area contributed by atoms with Gasteiger partial charge in [-0.1, -0.05) is 96.1 Å². The number of benzene rings is 6. The molecule has 0 aliphatic heterocycles. The van der Waals surface area contributed by atoms with E-state index >= 15 is 0 Å². The van der Waals surface area contributed by atoms with Crippen molar-refractivity contribution < 1.29 is 19.1 Å². The lowest BCUT2D eigenvalue weighted by Crippen LogP contribution is -2.10. The Hall–Kier alpha value is -6.66. The molecule has 0 aliphatic rings. The zero-order valence-electron chi connectivity index (χ0n) is 35.8. The lowest BCUT2D eigenvalue weighted by atomic mass is 10.0. The monoisotopic (exact) mass is 796 g/mol. The molecular weight excluding hydrogens is 741 g/mol. The Bertz CT molecular complexity index is 2250. The van der Waals surface area contributed by atoms with Crippen LogP contribution in [0, 0.1) is 13.8 Å². The quantitative estimate of drug-likeness (QED) is 0.0520. The molecule has 60 heavy (non-hydrogen) atoms. The first kappa shape index (κ1) is 42.9. The summed E-state index contributed by atoms with van der Waals surface area (Å²) in [6.07, 6.45) is 6.65. The van der Waals surface area contributed by atoms with Gasteiger partial charge in [0.2, 0.25) is 0 Å². The lowest BCUT2D eigenvalue weighted by Gasteiger charge is -2.26. The molecule has 0 amide bonds. The van der Waals surface area contributed by atoms with Crippen LogP contribution in [0.3, 0.4) is 0 Å². The number of ether oxygens (including phenoxy) is 2. The standard InChI is InChI=1S/C54H56N2O4/c1-7-41(5)53(57)59-37-9-11-43-17-29-49(30-18-43)56(50-31-19-44(20-32-50)12-10-38-60-54(58)42(6)8-2)52-35-23-46(24-36-52)45-21-33-51(34-22-45)55(47-25-13-39(3)14-26-47)48-27-15-40(4)16-28-48/h7-8,13-36H,9-12,37-38H2,1-6H3/b41-7+,42-8+. The summed E-state index contributed by atoms with van der Waals surface area (Å²) in [6, 6.07) is 52.0. The van der Waals surface area contributed by atoms with Crippen molar-refractivity contribution in [1.29, 1.82) is 0 Å². The third kappa shape index (κ3) is 11.3. The van der Waals surface area contributed by atoms with Crippen molar-refractivity contribution in [2.75, 3.05) is 23.0 Å². The highest BCUT2D eigenvalue weighted by molar-refractivity contribution is 5.88. The summed E-state index contributed by atoms with van der Waals surface area (Å²) in [6.45, 7) is 12.2. The molecule has 0 atom stereocenters. The Labute approximate surface area is 356 Å². The minimum absolute atomic E-state index is 0.261. The van der Waals surface area contributed by atoms with Crippen molar-refractivity contribution in [2.45, 2.75) is 67.2 Å². The van der Waals surface area contributed by atoms with Gasteiger partial charge in [0, 0.05) is 45.3 Å². The molecule has 0 saturated heterocycles. The fourth-order valence-electron chi connectivity index (χ4n) is 6.86. The summed E-state index contributed by atoms with van der Waals surface area (Å²) in [5.74, 6) is -0.522. The van der Waals surface area contributed by atoms with E-state index in [0.29, 0.717) is 24.4 Å². The summed E-state index contributed by atoms with van der Waals surface area (Å²) in [4.78, 5) is 28.7. The maximum atomic E-state index is 12.1. The molecule has 6 nitrogen and oxygen atoms in total. The van der Waals surface area contributed by atoms with Gasteiger partial charge in [0.1, 0.15) is 0 Å². The van der Waals surface area contributed by atoms with Crippen LogP contribution in [-0.2, 0) is 31.9 Å². The van der Waals surface area contributed by atoms with E-state index in [9.17, 15) is 9.59 Å².